The Morgan fingerprint density at radius 2 is 1.61 bits per heavy atom. The molecule has 5 rings (SSSR count). The molecule has 3 fully saturated rings. The maximum atomic E-state index is 14.3. The second-order valence-electron chi connectivity index (χ2n) is 12.0. The number of rotatable bonds is 3. The molecule has 0 radical (unpaired) electrons. The van der Waals surface area contributed by atoms with Crippen molar-refractivity contribution >= 4 is 11.7 Å². The van der Waals surface area contributed by atoms with Gasteiger partial charge in [-0.1, -0.05) is 44.2 Å². The van der Waals surface area contributed by atoms with Crippen molar-refractivity contribution in [1.29, 1.82) is 0 Å². The van der Waals surface area contributed by atoms with Crippen LogP contribution in [0.2, 0.25) is 0 Å². The van der Waals surface area contributed by atoms with Gasteiger partial charge >= 0.3 is 12.4 Å². The van der Waals surface area contributed by atoms with Crippen LogP contribution in [0.15, 0.2) is 42.1 Å². The molecule has 38 heavy (non-hydrogen) atoms. The Morgan fingerprint density at radius 3 is 2.24 bits per heavy atom. The van der Waals surface area contributed by atoms with Crippen LogP contribution in [-0.2, 0) is 15.1 Å². The molecule has 3 aliphatic carbocycles. The zero-order chi connectivity index (χ0) is 27.7. The Labute approximate surface area is 217 Å². The number of alkyl halides is 6. The molecule has 6 atom stereocenters. The van der Waals surface area contributed by atoms with Gasteiger partial charge in [0.1, 0.15) is 0 Å². The van der Waals surface area contributed by atoms with Crippen LogP contribution in [0.25, 0.3) is 0 Å². The van der Waals surface area contributed by atoms with E-state index in [2.05, 4.69) is 12.2 Å². The number of piperidine rings is 1. The molecule has 2 saturated carbocycles. The molecule has 0 bridgehead atoms. The van der Waals surface area contributed by atoms with Gasteiger partial charge in [0.15, 0.2) is 5.78 Å². The van der Waals surface area contributed by atoms with E-state index in [1.807, 2.05) is 6.92 Å². The largest absolute Gasteiger partial charge is 0.424 e. The van der Waals surface area contributed by atoms with Gasteiger partial charge in [-0.25, -0.2) is 0 Å². The Balaban J connectivity index is 1.45. The van der Waals surface area contributed by atoms with Crippen LogP contribution in [0, 0.1) is 34.5 Å². The van der Waals surface area contributed by atoms with Gasteiger partial charge in [-0.05, 0) is 60.8 Å². The third-order valence-corrected chi connectivity index (χ3v) is 10.3. The summed E-state index contributed by atoms with van der Waals surface area (Å²) < 4.78 is 85.9. The Morgan fingerprint density at radius 1 is 0.947 bits per heavy atom. The number of amides is 1. The van der Waals surface area contributed by atoms with E-state index in [9.17, 15) is 35.9 Å². The van der Waals surface area contributed by atoms with E-state index in [1.165, 1.54) is 11.4 Å². The number of fused-ring (bicyclic) bond motifs is 5. The quantitative estimate of drug-likeness (QED) is 0.458. The number of benzene rings is 1. The Bertz CT molecular complexity index is 1130. The molecule has 1 unspecified atom stereocenters. The van der Waals surface area contributed by atoms with Crippen LogP contribution in [0.5, 0.6) is 0 Å². The highest BCUT2D eigenvalue weighted by Gasteiger charge is 2.73. The second-order valence-corrected chi connectivity index (χ2v) is 12.0. The summed E-state index contributed by atoms with van der Waals surface area (Å²) in [5.74, 6) is -1.77. The van der Waals surface area contributed by atoms with E-state index in [4.69, 9.17) is 0 Å². The standard InChI is InChI=1S/C28H32F6N2O2/c1-24-13-11-20-18(15-35-22-14-17(37)10-12-25(20,22)2)19(24)8-9-21(24)23(38)36-26(27(29,30)31,28(32,33)34)16-6-4-3-5-7-16/h3-7,14,18-21,35H,8-13,15H2,1-2H3,(H,36,38)/t18-,19-,20+,21?,24-,25+/m0/s1. The van der Waals surface area contributed by atoms with Gasteiger partial charge in [-0.15, -0.1) is 0 Å². The molecule has 0 aromatic heterocycles. The minimum absolute atomic E-state index is 0.0246. The number of hydrogen-bond donors (Lipinski definition) is 2. The molecule has 1 saturated heterocycles. The van der Waals surface area contributed by atoms with E-state index in [1.54, 1.807) is 6.08 Å². The zero-order valence-electron chi connectivity index (χ0n) is 21.3. The number of ketones is 1. The number of hydrogen-bond acceptors (Lipinski definition) is 3. The van der Waals surface area contributed by atoms with Gasteiger partial charge in [0.05, 0.1) is 0 Å². The summed E-state index contributed by atoms with van der Waals surface area (Å²) in [6.07, 6.45) is -6.75. The summed E-state index contributed by atoms with van der Waals surface area (Å²) in [6, 6.07) is 5.02. The molecule has 4 aliphatic rings. The fraction of sp³-hybridized carbons (Fsp3) is 0.643. The molecule has 1 aromatic carbocycles. The maximum absolute atomic E-state index is 14.3. The van der Waals surface area contributed by atoms with Crippen LogP contribution in [0.1, 0.15) is 57.9 Å². The molecule has 1 amide bonds. The van der Waals surface area contributed by atoms with Gasteiger partial charge in [0, 0.05) is 36.1 Å². The molecule has 208 valence electrons. The van der Waals surface area contributed by atoms with Crippen molar-refractivity contribution in [3.63, 3.8) is 0 Å². The molecular weight excluding hydrogens is 510 g/mol. The number of nitrogens with one attached hydrogen (secondary N) is 2. The first-order chi connectivity index (χ1) is 17.6. The van der Waals surface area contributed by atoms with Crippen molar-refractivity contribution in [2.45, 2.75) is 70.3 Å². The number of allylic oxidation sites excluding steroid dienone is 2. The summed E-state index contributed by atoms with van der Waals surface area (Å²) in [4.78, 5) is 25.5. The first-order valence-corrected chi connectivity index (χ1v) is 13.1. The first kappa shape index (κ1) is 27.1. The first-order valence-electron chi connectivity index (χ1n) is 13.1. The van der Waals surface area contributed by atoms with Crippen molar-refractivity contribution in [2.75, 3.05) is 6.54 Å². The van der Waals surface area contributed by atoms with Crippen molar-refractivity contribution < 1.29 is 35.9 Å². The predicted octanol–water partition coefficient (Wildman–Crippen LogP) is 6.04. The number of carbonyl (C=O) groups is 2. The lowest BCUT2D eigenvalue weighted by Crippen LogP contribution is -2.66. The summed E-state index contributed by atoms with van der Waals surface area (Å²) in [5, 5.41) is 4.91. The minimum atomic E-state index is -5.80. The molecule has 1 aromatic rings. The average molecular weight is 543 g/mol. The van der Waals surface area contributed by atoms with Gasteiger partial charge in [0.2, 0.25) is 5.91 Å². The van der Waals surface area contributed by atoms with E-state index in [-0.39, 0.29) is 35.4 Å². The lowest BCUT2D eigenvalue weighted by Gasteiger charge is -2.58. The van der Waals surface area contributed by atoms with Crippen LogP contribution in [-0.4, -0.2) is 30.6 Å². The second kappa shape index (κ2) is 8.74. The van der Waals surface area contributed by atoms with E-state index < -0.39 is 40.7 Å². The minimum Gasteiger partial charge on any atom is -0.387 e. The fourth-order valence-electron chi connectivity index (χ4n) is 8.24. The molecule has 0 spiro atoms. The lowest BCUT2D eigenvalue weighted by atomic mass is 9.50. The van der Waals surface area contributed by atoms with Crippen LogP contribution in [0.3, 0.4) is 0 Å². The summed E-state index contributed by atoms with van der Waals surface area (Å²) >= 11 is 0. The summed E-state index contributed by atoms with van der Waals surface area (Å²) in [7, 11) is 0. The Kier molecular flexibility index (Phi) is 6.23. The average Bonchev–Trinajstić information content (AvgIpc) is 3.19. The van der Waals surface area contributed by atoms with E-state index >= 15 is 0 Å². The molecule has 4 nitrogen and oxygen atoms in total. The van der Waals surface area contributed by atoms with Gasteiger partial charge in [-0.2, -0.15) is 26.3 Å². The predicted molar refractivity (Wildman–Crippen MR) is 127 cm³/mol. The normalized spacial score (nSPS) is 35.4. The molecule has 1 heterocycles. The maximum Gasteiger partial charge on any atom is 0.424 e. The molecule has 1 aliphatic heterocycles. The smallest absolute Gasteiger partial charge is 0.387 e. The highest BCUT2D eigenvalue weighted by Crippen LogP contribution is 2.64. The lowest BCUT2D eigenvalue weighted by molar-refractivity contribution is -0.312. The van der Waals surface area contributed by atoms with Crippen molar-refractivity contribution in [3.8, 4) is 0 Å². The fourth-order valence-corrected chi connectivity index (χ4v) is 8.24. The third-order valence-electron chi connectivity index (χ3n) is 10.3. The topological polar surface area (TPSA) is 58.2 Å². The van der Waals surface area contributed by atoms with Crippen LogP contribution < -0.4 is 10.6 Å². The van der Waals surface area contributed by atoms with Crippen molar-refractivity contribution in [3.05, 3.63) is 47.7 Å². The molecule has 2 N–H and O–H groups in total. The highest BCUT2D eigenvalue weighted by atomic mass is 19.4. The summed E-state index contributed by atoms with van der Waals surface area (Å²) in [6.45, 7) is 4.57. The van der Waals surface area contributed by atoms with Gasteiger partial charge in [-0.3, -0.25) is 9.59 Å². The van der Waals surface area contributed by atoms with Crippen molar-refractivity contribution in [2.24, 2.45) is 34.5 Å². The van der Waals surface area contributed by atoms with Crippen molar-refractivity contribution in [1.82, 2.24) is 10.6 Å². The number of halogens is 6. The van der Waals surface area contributed by atoms with Crippen LogP contribution >= 0.6 is 0 Å². The molecular formula is C28H32F6N2O2. The Hall–Kier alpha value is -2.52. The van der Waals surface area contributed by atoms with Crippen LogP contribution in [0.4, 0.5) is 26.3 Å². The molecule has 10 heteroatoms. The van der Waals surface area contributed by atoms with E-state index in [0.717, 1.165) is 30.0 Å². The number of carbonyl (C=O) groups excluding carboxylic acids is 2. The van der Waals surface area contributed by atoms with Gasteiger partial charge < -0.3 is 10.6 Å². The SMILES string of the molecule is C[C@]12CCC(=O)C=C1NC[C@@H]1[C@H]2CC[C@]2(C)C(C(=O)NC(c3ccccc3)(C(F)(F)F)C(F)(F)F)CC[C@@H]12. The summed E-state index contributed by atoms with van der Waals surface area (Å²) in [5.41, 5.74) is -5.60. The zero-order valence-corrected chi connectivity index (χ0v) is 21.3. The highest BCUT2D eigenvalue weighted by molar-refractivity contribution is 5.91. The van der Waals surface area contributed by atoms with E-state index in [0.29, 0.717) is 38.6 Å². The monoisotopic (exact) mass is 542 g/mol. The van der Waals surface area contributed by atoms with Gasteiger partial charge in [0.25, 0.3) is 5.54 Å². The third kappa shape index (κ3) is 3.79.